The second-order valence-electron chi connectivity index (χ2n) is 3.84. The van der Waals surface area contributed by atoms with Crippen LogP contribution in [0.4, 0.5) is 0 Å². The average Bonchev–Trinajstić information content (AvgIpc) is 2.81. The van der Waals surface area contributed by atoms with E-state index in [1.54, 1.807) is 6.20 Å². The van der Waals surface area contributed by atoms with Crippen molar-refractivity contribution in [2.45, 2.75) is 19.4 Å². The molecule has 1 aromatic heterocycles. The van der Waals surface area contributed by atoms with Crippen LogP contribution in [0.1, 0.15) is 22.0 Å². The minimum absolute atomic E-state index is 0.00444. The molecule has 2 rings (SSSR count). The van der Waals surface area contributed by atoms with Gasteiger partial charge in [-0.05, 0) is 42.1 Å². The number of benzene rings is 1. The largest absolute Gasteiger partial charge is 0.271 e. The van der Waals surface area contributed by atoms with E-state index in [4.69, 9.17) is 17.4 Å². The molecule has 4 nitrogen and oxygen atoms in total. The van der Waals surface area contributed by atoms with Gasteiger partial charge in [0.05, 0.1) is 17.1 Å². The predicted molar refractivity (Wildman–Crippen MR) is 69.9 cm³/mol. The Kier molecular flexibility index (Phi) is 4.06. The Morgan fingerprint density at radius 1 is 1.53 bits per heavy atom. The molecule has 0 aliphatic heterocycles. The summed E-state index contributed by atoms with van der Waals surface area (Å²) in [7, 11) is 0. The monoisotopic (exact) mass is 268 g/mol. The van der Waals surface area contributed by atoms with Crippen LogP contribution < -0.4 is 11.3 Å². The number of hydrazine groups is 1. The van der Waals surface area contributed by atoms with Gasteiger partial charge in [-0.2, -0.15) is 0 Å². The fourth-order valence-corrected chi connectivity index (χ4v) is 2.48. The van der Waals surface area contributed by atoms with Crippen molar-refractivity contribution in [1.29, 1.82) is 0 Å². The number of nitrogens with two attached hydrogens (primary N) is 1. The summed E-state index contributed by atoms with van der Waals surface area (Å²) in [6, 6.07) is 6.01. The van der Waals surface area contributed by atoms with Gasteiger partial charge in [-0.1, -0.05) is 28.2 Å². The summed E-state index contributed by atoms with van der Waals surface area (Å²) in [5.41, 5.74) is 4.98. The maximum atomic E-state index is 6.20. The summed E-state index contributed by atoms with van der Waals surface area (Å²) in [4.78, 5) is 1.00. The topological polar surface area (TPSA) is 63.8 Å². The Labute approximate surface area is 109 Å². The molecule has 6 heteroatoms. The molecule has 90 valence electrons. The minimum atomic E-state index is -0.00444. The van der Waals surface area contributed by atoms with E-state index in [0.717, 1.165) is 27.4 Å². The normalized spacial score (nSPS) is 12.6. The number of nitrogens with one attached hydrogen (secondary N) is 1. The Morgan fingerprint density at radius 2 is 2.35 bits per heavy atom. The van der Waals surface area contributed by atoms with E-state index in [9.17, 15) is 0 Å². The number of nitrogens with zero attached hydrogens (tertiary/aromatic N) is 2. The van der Waals surface area contributed by atoms with Gasteiger partial charge in [-0.3, -0.25) is 11.3 Å². The maximum Gasteiger partial charge on any atom is 0.0670 e. The van der Waals surface area contributed by atoms with Gasteiger partial charge in [-0.25, -0.2) is 0 Å². The highest BCUT2D eigenvalue weighted by atomic mass is 35.5. The van der Waals surface area contributed by atoms with Crippen molar-refractivity contribution in [1.82, 2.24) is 15.0 Å². The SMILES string of the molecule is Cc1ccc(CC(NN)c2cnns2)c(Cl)c1. The molecule has 0 aliphatic rings. The molecule has 1 atom stereocenters. The lowest BCUT2D eigenvalue weighted by atomic mass is 10.0. The Balaban J connectivity index is 2.19. The minimum Gasteiger partial charge on any atom is -0.271 e. The van der Waals surface area contributed by atoms with Crippen molar-refractivity contribution in [3.05, 3.63) is 45.4 Å². The van der Waals surface area contributed by atoms with E-state index < -0.39 is 0 Å². The van der Waals surface area contributed by atoms with E-state index in [1.165, 1.54) is 11.5 Å². The molecule has 0 saturated heterocycles. The molecular formula is C11H13ClN4S. The number of aromatic nitrogens is 2. The lowest BCUT2D eigenvalue weighted by Crippen LogP contribution is -2.29. The van der Waals surface area contributed by atoms with Crippen LogP contribution in [0, 0.1) is 6.92 Å². The van der Waals surface area contributed by atoms with Crippen LogP contribution in [0.15, 0.2) is 24.4 Å². The van der Waals surface area contributed by atoms with Gasteiger partial charge in [0.1, 0.15) is 0 Å². The lowest BCUT2D eigenvalue weighted by molar-refractivity contribution is 0.560. The second-order valence-corrected chi connectivity index (χ2v) is 5.06. The number of rotatable bonds is 4. The molecule has 0 bridgehead atoms. The third kappa shape index (κ3) is 3.01. The summed E-state index contributed by atoms with van der Waals surface area (Å²) in [5, 5.41) is 4.58. The smallest absolute Gasteiger partial charge is 0.0670 e. The van der Waals surface area contributed by atoms with E-state index in [1.807, 2.05) is 25.1 Å². The first kappa shape index (κ1) is 12.4. The summed E-state index contributed by atoms with van der Waals surface area (Å²) in [6.45, 7) is 2.02. The molecule has 3 N–H and O–H groups in total. The number of aryl methyl sites for hydroxylation is 1. The van der Waals surface area contributed by atoms with Crippen LogP contribution in [0.5, 0.6) is 0 Å². The average molecular weight is 269 g/mol. The third-order valence-corrected chi connectivity index (χ3v) is 3.68. The highest BCUT2D eigenvalue weighted by Gasteiger charge is 2.14. The highest BCUT2D eigenvalue weighted by Crippen LogP contribution is 2.25. The van der Waals surface area contributed by atoms with Gasteiger partial charge in [0, 0.05) is 5.02 Å². The first-order chi connectivity index (χ1) is 8.20. The Bertz CT molecular complexity index is 486. The number of hydrogen-bond acceptors (Lipinski definition) is 5. The highest BCUT2D eigenvalue weighted by molar-refractivity contribution is 7.05. The van der Waals surface area contributed by atoms with E-state index in [-0.39, 0.29) is 6.04 Å². The van der Waals surface area contributed by atoms with Crippen LogP contribution in [0.25, 0.3) is 0 Å². The predicted octanol–water partition coefficient (Wildman–Crippen LogP) is 2.25. The van der Waals surface area contributed by atoms with Crippen molar-refractivity contribution >= 4 is 23.1 Å². The first-order valence-corrected chi connectivity index (χ1v) is 6.34. The zero-order valence-electron chi connectivity index (χ0n) is 9.35. The Hall–Kier alpha value is -1.01. The zero-order valence-corrected chi connectivity index (χ0v) is 10.9. The zero-order chi connectivity index (χ0) is 12.3. The first-order valence-electron chi connectivity index (χ1n) is 5.19. The van der Waals surface area contributed by atoms with Gasteiger partial charge in [0.15, 0.2) is 0 Å². The van der Waals surface area contributed by atoms with Crippen LogP contribution in [-0.2, 0) is 6.42 Å². The van der Waals surface area contributed by atoms with Crippen molar-refractivity contribution in [3.63, 3.8) is 0 Å². The summed E-state index contributed by atoms with van der Waals surface area (Å²) < 4.78 is 3.83. The van der Waals surface area contributed by atoms with Gasteiger partial charge >= 0.3 is 0 Å². The van der Waals surface area contributed by atoms with Gasteiger partial charge < -0.3 is 0 Å². The molecule has 1 unspecified atom stereocenters. The molecule has 0 amide bonds. The molecule has 0 aliphatic carbocycles. The summed E-state index contributed by atoms with van der Waals surface area (Å²) >= 11 is 7.53. The van der Waals surface area contributed by atoms with E-state index in [2.05, 4.69) is 15.0 Å². The van der Waals surface area contributed by atoms with Crippen molar-refractivity contribution in [2.75, 3.05) is 0 Å². The molecule has 0 radical (unpaired) electrons. The maximum absolute atomic E-state index is 6.20. The number of halogens is 1. The molecule has 0 fully saturated rings. The molecule has 0 spiro atoms. The van der Waals surface area contributed by atoms with Gasteiger partial charge in [0.25, 0.3) is 0 Å². The lowest BCUT2D eigenvalue weighted by Gasteiger charge is -2.14. The van der Waals surface area contributed by atoms with Crippen molar-refractivity contribution in [2.24, 2.45) is 5.84 Å². The summed E-state index contributed by atoms with van der Waals surface area (Å²) in [5.74, 6) is 5.55. The molecule has 17 heavy (non-hydrogen) atoms. The van der Waals surface area contributed by atoms with Gasteiger partial charge in [0.2, 0.25) is 0 Å². The summed E-state index contributed by atoms with van der Waals surface area (Å²) in [6.07, 6.45) is 2.44. The van der Waals surface area contributed by atoms with Gasteiger partial charge in [-0.15, -0.1) is 5.10 Å². The second kappa shape index (κ2) is 5.55. The van der Waals surface area contributed by atoms with Crippen LogP contribution in [-0.4, -0.2) is 9.59 Å². The van der Waals surface area contributed by atoms with Crippen LogP contribution >= 0.6 is 23.1 Å². The van der Waals surface area contributed by atoms with Crippen LogP contribution in [0.3, 0.4) is 0 Å². The van der Waals surface area contributed by atoms with Crippen LogP contribution in [0.2, 0.25) is 5.02 Å². The van der Waals surface area contributed by atoms with Crippen molar-refractivity contribution in [3.8, 4) is 0 Å². The Morgan fingerprint density at radius 3 is 2.94 bits per heavy atom. The molecule has 1 aromatic carbocycles. The quantitative estimate of drug-likeness (QED) is 0.659. The van der Waals surface area contributed by atoms with E-state index in [0.29, 0.717) is 0 Å². The fourth-order valence-electron chi connectivity index (χ4n) is 1.61. The molecule has 2 aromatic rings. The molecule has 0 saturated carbocycles. The fraction of sp³-hybridized carbons (Fsp3) is 0.273. The molecular weight excluding hydrogens is 256 g/mol. The van der Waals surface area contributed by atoms with E-state index >= 15 is 0 Å². The number of hydrogen-bond donors (Lipinski definition) is 2. The third-order valence-electron chi connectivity index (χ3n) is 2.56. The molecule has 1 heterocycles. The standard InChI is InChI=1S/C11H13ClN4S/c1-7-2-3-8(9(12)4-7)5-10(15-13)11-6-14-16-17-11/h2-4,6,10,15H,5,13H2,1H3. The van der Waals surface area contributed by atoms with Crippen molar-refractivity contribution < 1.29 is 0 Å².